The van der Waals surface area contributed by atoms with Gasteiger partial charge in [-0.25, -0.2) is 0 Å². The quantitative estimate of drug-likeness (QED) is 0.313. The molecule has 1 amide bonds. The monoisotopic (exact) mass is 521 g/mol. The van der Waals surface area contributed by atoms with Crippen molar-refractivity contribution in [3.8, 4) is 17.6 Å². The molecule has 0 bridgehead atoms. The molecular formula is C28H32ClN5O3. The first-order valence-electron chi connectivity index (χ1n) is 12.0. The van der Waals surface area contributed by atoms with Crippen molar-refractivity contribution in [2.24, 2.45) is 0 Å². The van der Waals surface area contributed by atoms with Crippen LogP contribution in [0.4, 0.5) is 17.1 Å². The summed E-state index contributed by atoms with van der Waals surface area (Å²) in [6.45, 7) is 8.55. The minimum Gasteiger partial charge on any atom is -0.492 e. The number of nitrogens with zero attached hydrogens (tertiary/aromatic N) is 3. The van der Waals surface area contributed by atoms with Crippen LogP contribution in [0.15, 0.2) is 42.5 Å². The minimum absolute atomic E-state index is 0.0146. The molecule has 0 atom stereocenters. The van der Waals surface area contributed by atoms with Crippen molar-refractivity contribution < 1.29 is 14.3 Å². The number of nitriles is 1. The molecular weight excluding hydrogens is 490 g/mol. The van der Waals surface area contributed by atoms with Crippen LogP contribution in [-0.4, -0.2) is 49.1 Å². The molecule has 9 heteroatoms. The number of halogens is 1. The van der Waals surface area contributed by atoms with Crippen LogP contribution in [0.25, 0.3) is 10.9 Å². The fourth-order valence-electron chi connectivity index (χ4n) is 3.67. The van der Waals surface area contributed by atoms with Crippen molar-refractivity contribution in [2.75, 3.05) is 37.9 Å². The summed E-state index contributed by atoms with van der Waals surface area (Å²) in [5.74, 6) is 0.780. The molecule has 3 aromatic rings. The third-order valence-corrected chi connectivity index (χ3v) is 5.54. The Labute approximate surface area is 222 Å². The second-order valence-corrected chi connectivity index (χ2v) is 9.36. The number of rotatable bonds is 10. The molecule has 2 N–H and O–H groups in total. The third kappa shape index (κ3) is 7.13. The maximum absolute atomic E-state index is 12.6. The zero-order chi connectivity index (χ0) is 27.1. The summed E-state index contributed by atoms with van der Waals surface area (Å²) in [6, 6.07) is 11.1. The van der Waals surface area contributed by atoms with Gasteiger partial charge in [-0.1, -0.05) is 17.7 Å². The van der Waals surface area contributed by atoms with Crippen LogP contribution >= 0.6 is 11.6 Å². The first kappa shape index (κ1) is 27.8. The second-order valence-electron chi connectivity index (χ2n) is 8.95. The van der Waals surface area contributed by atoms with Crippen molar-refractivity contribution in [1.29, 1.82) is 5.26 Å². The van der Waals surface area contributed by atoms with Gasteiger partial charge in [0, 0.05) is 29.8 Å². The normalized spacial score (nSPS) is 11.2. The standard InChI is InChI=1S/C28H32ClN5O3/c1-7-36-26-15-23-20(14-24(26)33-27(35)9-8-12-34(5)6)28(21(16-30)18(4)31-23)32-19-10-11-25(22(29)13-19)37-17(2)3/h8-11,13-15,17H,7,12H2,1-6H3,(H,31,32)(H,33,35)/b9-8+. The van der Waals surface area contributed by atoms with Crippen molar-refractivity contribution in [3.63, 3.8) is 0 Å². The van der Waals surface area contributed by atoms with Gasteiger partial charge >= 0.3 is 0 Å². The van der Waals surface area contributed by atoms with E-state index >= 15 is 0 Å². The Morgan fingerprint density at radius 2 is 2.00 bits per heavy atom. The van der Waals surface area contributed by atoms with Crippen molar-refractivity contribution in [3.05, 3.63) is 58.8 Å². The van der Waals surface area contributed by atoms with Crippen molar-refractivity contribution >= 4 is 45.5 Å². The van der Waals surface area contributed by atoms with E-state index in [1.165, 1.54) is 6.08 Å². The fourth-order valence-corrected chi connectivity index (χ4v) is 3.90. The van der Waals surface area contributed by atoms with Gasteiger partial charge in [0.1, 0.15) is 17.6 Å². The Hall–Kier alpha value is -3.80. The van der Waals surface area contributed by atoms with Gasteiger partial charge in [0.05, 0.1) is 45.9 Å². The van der Waals surface area contributed by atoms with Crippen molar-refractivity contribution in [2.45, 2.75) is 33.8 Å². The number of ether oxygens (including phenoxy) is 2. The number of carbonyl (C=O) groups is 1. The molecule has 0 spiro atoms. The molecule has 0 unspecified atom stereocenters. The lowest BCUT2D eigenvalue weighted by Crippen LogP contribution is -2.13. The number of carbonyl (C=O) groups excluding carboxylic acids is 1. The zero-order valence-electron chi connectivity index (χ0n) is 22.0. The van der Waals surface area contributed by atoms with E-state index in [1.54, 1.807) is 37.3 Å². The average Bonchev–Trinajstić information content (AvgIpc) is 2.81. The largest absolute Gasteiger partial charge is 0.492 e. The van der Waals surface area contributed by atoms with E-state index in [4.69, 9.17) is 21.1 Å². The van der Waals surface area contributed by atoms with Gasteiger partial charge in [0.25, 0.3) is 0 Å². The van der Waals surface area contributed by atoms with Crippen LogP contribution < -0.4 is 20.1 Å². The molecule has 2 aromatic carbocycles. The number of fused-ring (bicyclic) bond motifs is 1. The molecule has 1 heterocycles. The summed E-state index contributed by atoms with van der Waals surface area (Å²) in [5.41, 5.74) is 3.28. The topological polar surface area (TPSA) is 99.5 Å². The number of hydrogen-bond donors (Lipinski definition) is 2. The first-order valence-corrected chi connectivity index (χ1v) is 12.4. The molecule has 0 radical (unpaired) electrons. The Morgan fingerprint density at radius 1 is 1.24 bits per heavy atom. The predicted molar refractivity (Wildman–Crippen MR) is 149 cm³/mol. The predicted octanol–water partition coefficient (Wildman–Crippen LogP) is 6.05. The van der Waals surface area contributed by atoms with E-state index in [-0.39, 0.29) is 12.0 Å². The summed E-state index contributed by atoms with van der Waals surface area (Å²) in [7, 11) is 3.85. The molecule has 0 aliphatic heterocycles. The number of likely N-dealkylation sites (N-methyl/N-ethyl adjacent to an activating group) is 1. The smallest absolute Gasteiger partial charge is 0.248 e. The maximum atomic E-state index is 12.6. The van der Waals surface area contributed by atoms with Crippen LogP contribution in [0.5, 0.6) is 11.5 Å². The number of benzene rings is 2. The van der Waals surface area contributed by atoms with Gasteiger partial charge in [-0.15, -0.1) is 0 Å². The van der Waals surface area contributed by atoms with E-state index in [9.17, 15) is 10.1 Å². The highest BCUT2D eigenvalue weighted by Crippen LogP contribution is 2.38. The second kappa shape index (κ2) is 12.4. The van der Waals surface area contributed by atoms with Gasteiger partial charge in [0.15, 0.2) is 0 Å². The number of anilines is 3. The molecule has 0 aliphatic carbocycles. The first-order chi connectivity index (χ1) is 17.6. The Morgan fingerprint density at radius 3 is 2.62 bits per heavy atom. The average molecular weight is 522 g/mol. The van der Waals surface area contributed by atoms with E-state index < -0.39 is 0 Å². The van der Waals surface area contributed by atoms with Gasteiger partial charge in [0.2, 0.25) is 5.91 Å². The Bertz CT molecular complexity index is 1360. The molecule has 0 saturated heterocycles. The third-order valence-electron chi connectivity index (χ3n) is 5.24. The van der Waals surface area contributed by atoms with E-state index in [0.29, 0.717) is 68.9 Å². The highest BCUT2D eigenvalue weighted by atomic mass is 35.5. The van der Waals surface area contributed by atoms with Gasteiger partial charge in [-0.2, -0.15) is 5.26 Å². The highest BCUT2D eigenvalue weighted by Gasteiger charge is 2.18. The SMILES string of the molecule is CCOc1cc2nc(C)c(C#N)c(Nc3ccc(OC(C)C)c(Cl)c3)c2cc1NC(=O)/C=C/CN(C)C. The lowest BCUT2D eigenvalue weighted by Gasteiger charge is -2.18. The molecule has 37 heavy (non-hydrogen) atoms. The Balaban J connectivity index is 2.09. The Kier molecular flexibility index (Phi) is 9.34. The molecule has 0 saturated carbocycles. The zero-order valence-corrected chi connectivity index (χ0v) is 22.7. The van der Waals surface area contributed by atoms with E-state index in [0.717, 1.165) is 0 Å². The molecule has 1 aromatic heterocycles. The van der Waals surface area contributed by atoms with Crippen molar-refractivity contribution in [1.82, 2.24) is 9.88 Å². The molecule has 0 aliphatic rings. The van der Waals surface area contributed by atoms with Gasteiger partial charge in [-0.05, 0) is 66.1 Å². The number of pyridine rings is 1. The maximum Gasteiger partial charge on any atom is 0.248 e. The lowest BCUT2D eigenvalue weighted by atomic mass is 10.0. The van der Waals surface area contributed by atoms with Crippen LogP contribution in [0, 0.1) is 18.3 Å². The van der Waals surface area contributed by atoms with Crippen LogP contribution in [0.1, 0.15) is 32.0 Å². The summed E-state index contributed by atoms with van der Waals surface area (Å²) in [4.78, 5) is 19.2. The summed E-state index contributed by atoms with van der Waals surface area (Å²) >= 11 is 6.45. The molecule has 3 rings (SSSR count). The summed E-state index contributed by atoms with van der Waals surface area (Å²) < 4.78 is 11.5. The minimum atomic E-state index is -0.287. The molecule has 194 valence electrons. The number of aromatic nitrogens is 1. The van der Waals surface area contributed by atoms with Crippen LogP contribution in [0.3, 0.4) is 0 Å². The summed E-state index contributed by atoms with van der Waals surface area (Å²) in [6.07, 6.45) is 3.24. The number of amides is 1. The summed E-state index contributed by atoms with van der Waals surface area (Å²) in [5, 5.41) is 17.3. The molecule has 0 fully saturated rings. The number of aryl methyl sites for hydroxylation is 1. The highest BCUT2D eigenvalue weighted by molar-refractivity contribution is 6.32. The van der Waals surface area contributed by atoms with Crippen LogP contribution in [-0.2, 0) is 4.79 Å². The van der Waals surface area contributed by atoms with E-state index in [2.05, 4.69) is 21.7 Å². The van der Waals surface area contributed by atoms with Gasteiger partial charge in [-0.3, -0.25) is 9.78 Å². The lowest BCUT2D eigenvalue weighted by molar-refractivity contribution is -0.111. The number of hydrogen-bond acceptors (Lipinski definition) is 7. The van der Waals surface area contributed by atoms with Crippen LogP contribution in [0.2, 0.25) is 5.02 Å². The van der Waals surface area contributed by atoms with E-state index in [1.807, 2.05) is 45.8 Å². The molecule has 8 nitrogen and oxygen atoms in total. The van der Waals surface area contributed by atoms with Gasteiger partial charge < -0.3 is 25.0 Å². The number of nitrogens with one attached hydrogen (secondary N) is 2. The fraction of sp³-hybridized carbons (Fsp3) is 0.321.